The van der Waals surface area contributed by atoms with Crippen molar-refractivity contribution in [3.8, 4) is 0 Å². The Kier molecular flexibility index (Phi) is 2.95. The van der Waals surface area contributed by atoms with Crippen LogP contribution in [0.15, 0.2) is 0 Å². The van der Waals surface area contributed by atoms with Crippen molar-refractivity contribution in [1.29, 1.82) is 0 Å². The van der Waals surface area contributed by atoms with Crippen LogP contribution in [0.4, 0.5) is 0 Å². The highest BCUT2D eigenvalue weighted by atomic mass is 127. The van der Waals surface area contributed by atoms with Gasteiger partial charge in [-0.3, -0.25) is 0 Å². The van der Waals surface area contributed by atoms with Gasteiger partial charge in [0.2, 0.25) is 0 Å². The Morgan fingerprint density at radius 3 is 1.56 bits per heavy atom. The molecule has 0 radical (unpaired) electrons. The van der Waals surface area contributed by atoms with Gasteiger partial charge < -0.3 is 5.11 Å². The second-order valence-corrected chi connectivity index (χ2v) is 4.34. The van der Waals surface area contributed by atoms with Gasteiger partial charge in [-0.05, 0) is 13.8 Å². The molecule has 0 atom stereocenters. The lowest BCUT2D eigenvalue weighted by molar-refractivity contribution is -0.0194. The number of rotatable bonds is 2. The zero-order valence-electron chi connectivity index (χ0n) is 6.53. The Hall–Kier alpha value is 0.690. The summed E-state index contributed by atoms with van der Waals surface area (Å²) in [6, 6.07) is 0. The Labute approximate surface area is 71.0 Å². The molecule has 0 aromatic heterocycles. The highest BCUT2D eigenvalue weighted by molar-refractivity contribution is 14.1. The Balaban J connectivity index is 4.14. The molecule has 0 fully saturated rings. The van der Waals surface area contributed by atoms with Gasteiger partial charge in [-0.25, -0.2) is 0 Å². The molecule has 1 nitrogen and oxygen atoms in total. The van der Waals surface area contributed by atoms with E-state index in [1.165, 1.54) is 0 Å². The molecule has 56 valence electrons. The first-order valence-electron chi connectivity index (χ1n) is 3.09. The summed E-state index contributed by atoms with van der Waals surface area (Å²) >= 11 is 2.30. The van der Waals surface area contributed by atoms with E-state index in [-0.39, 0.29) is 5.41 Å². The minimum absolute atomic E-state index is 0.0214. The predicted octanol–water partition coefficient (Wildman–Crippen LogP) is 2.22. The first kappa shape index (κ1) is 9.69. The Bertz CT molecular complexity index is 91.6. The van der Waals surface area contributed by atoms with Gasteiger partial charge in [0.1, 0.15) is 0 Å². The quantitative estimate of drug-likeness (QED) is 0.581. The van der Waals surface area contributed by atoms with E-state index in [0.29, 0.717) is 0 Å². The van der Waals surface area contributed by atoms with Crippen LogP contribution < -0.4 is 0 Å². The van der Waals surface area contributed by atoms with Crippen LogP contribution >= 0.6 is 22.6 Å². The zero-order chi connectivity index (χ0) is 7.71. The Morgan fingerprint density at radius 2 is 1.56 bits per heavy atom. The number of halogens is 1. The maximum atomic E-state index is 9.54. The molecule has 0 unspecified atom stereocenters. The molecule has 0 saturated carbocycles. The smallest absolute Gasteiger partial charge is 0.0649 e. The molecule has 0 aliphatic heterocycles. The lowest BCUT2D eigenvalue weighted by Crippen LogP contribution is -2.39. The summed E-state index contributed by atoms with van der Waals surface area (Å²) in [4.78, 5) is 0. The van der Waals surface area contributed by atoms with Crippen molar-refractivity contribution in [3.05, 3.63) is 0 Å². The van der Waals surface area contributed by atoms with Gasteiger partial charge in [0, 0.05) is 9.84 Å². The van der Waals surface area contributed by atoms with Crippen molar-refractivity contribution in [2.24, 2.45) is 5.41 Å². The second kappa shape index (κ2) is 2.74. The number of hydrogen-bond acceptors (Lipinski definition) is 1. The van der Waals surface area contributed by atoms with Crippen LogP contribution in [-0.4, -0.2) is 15.1 Å². The van der Waals surface area contributed by atoms with Crippen LogP contribution in [0.25, 0.3) is 0 Å². The molecular formula is C7H15IO. The van der Waals surface area contributed by atoms with E-state index in [1.54, 1.807) is 0 Å². The van der Waals surface area contributed by atoms with E-state index in [1.807, 2.05) is 13.8 Å². The van der Waals surface area contributed by atoms with Crippen molar-refractivity contribution in [2.75, 3.05) is 4.43 Å². The van der Waals surface area contributed by atoms with Gasteiger partial charge in [0.15, 0.2) is 0 Å². The maximum Gasteiger partial charge on any atom is 0.0649 e. The molecule has 0 bridgehead atoms. The first-order valence-corrected chi connectivity index (χ1v) is 4.62. The molecule has 1 N–H and O–H groups in total. The monoisotopic (exact) mass is 242 g/mol. The molecule has 0 aliphatic rings. The highest BCUT2D eigenvalue weighted by Gasteiger charge is 2.33. The van der Waals surface area contributed by atoms with Crippen molar-refractivity contribution in [1.82, 2.24) is 0 Å². The molecule has 0 amide bonds. The minimum Gasteiger partial charge on any atom is -0.390 e. The minimum atomic E-state index is -0.561. The fourth-order valence-corrected chi connectivity index (χ4v) is 1.10. The summed E-state index contributed by atoms with van der Waals surface area (Å²) in [6.45, 7) is 7.84. The molecule has 0 aromatic rings. The van der Waals surface area contributed by atoms with Gasteiger partial charge in [-0.15, -0.1) is 0 Å². The fourth-order valence-electron chi connectivity index (χ4n) is 0.164. The SMILES string of the molecule is CC(C)(O)C(C)(C)CI. The molecule has 0 saturated heterocycles. The highest BCUT2D eigenvalue weighted by Crippen LogP contribution is 2.31. The predicted molar refractivity (Wildman–Crippen MR) is 49.0 cm³/mol. The average Bonchev–Trinajstić information content (AvgIpc) is 1.64. The van der Waals surface area contributed by atoms with Crippen LogP contribution in [0.5, 0.6) is 0 Å². The third-order valence-electron chi connectivity index (χ3n) is 1.99. The van der Waals surface area contributed by atoms with Crippen LogP contribution in [0.2, 0.25) is 0 Å². The lowest BCUT2D eigenvalue weighted by atomic mass is 9.79. The van der Waals surface area contributed by atoms with Crippen LogP contribution in [-0.2, 0) is 0 Å². The maximum absolute atomic E-state index is 9.54. The molecule has 0 rings (SSSR count). The van der Waals surface area contributed by atoms with E-state index in [9.17, 15) is 5.11 Å². The largest absolute Gasteiger partial charge is 0.390 e. The van der Waals surface area contributed by atoms with Crippen LogP contribution in [0, 0.1) is 5.41 Å². The fraction of sp³-hybridized carbons (Fsp3) is 1.00. The average molecular weight is 242 g/mol. The molecular weight excluding hydrogens is 227 g/mol. The van der Waals surface area contributed by atoms with E-state index in [0.717, 1.165) is 4.43 Å². The molecule has 0 spiro atoms. The molecule has 0 heterocycles. The summed E-state index contributed by atoms with van der Waals surface area (Å²) < 4.78 is 0.980. The molecule has 9 heavy (non-hydrogen) atoms. The van der Waals surface area contributed by atoms with E-state index >= 15 is 0 Å². The van der Waals surface area contributed by atoms with Gasteiger partial charge >= 0.3 is 0 Å². The summed E-state index contributed by atoms with van der Waals surface area (Å²) in [5, 5.41) is 9.54. The van der Waals surface area contributed by atoms with Crippen molar-refractivity contribution < 1.29 is 5.11 Å². The van der Waals surface area contributed by atoms with E-state index in [4.69, 9.17) is 0 Å². The van der Waals surface area contributed by atoms with Gasteiger partial charge in [0.05, 0.1) is 5.60 Å². The second-order valence-electron chi connectivity index (χ2n) is 3.58. The van der Waals surface area contributed by atoms with Gasteiger partial charge in [0.25, 0.3) is 0 Å². The molecule has 0 aromatic carbocycles. The van der Waals surface area contributed by atoms with Crippen molar-refractivity contribution in [3.63, 3.8) is 0 Å². The van der Waals surface area contributed by atoms with E-state index < -0.39 is 5.60 Å². The molecule has 0 aliphatic carbocycles. The summed E-state index contributed by atoms with van der Waals surface area (Å²) in [6.07, 6.45) is 0. The van der Waals surface area contributed by atoms with Crippen molar-refractivity contribution >= 4 is 22.6 Å². The summed E-state index contributed by atoms with van der Waals surface area (Å²) in [5.41, 5.74) is -0.540. The van der Waals surface area contributed by atoms with Gasteiger partial charge in [-0.1, -0.05) is 36.4 Å². The normalized spacial score (nSPS) is 14.0. The van der Waals surface area contributed by atoms with Gasteiger partial charge in [-0.2, -0.15) is 0 Å². The van der Waals surface area contributed by atoms with Crippen molar-refractivity contribution in [2.45, 2.75) is 33.3 Å². The number of hydrogen-bond donors (Lipinski definition) is 1. The third kappa shape index (κ3) is 2.42. The van der Waals surface area contributed by atoms with Crippen LogP contribution in [0.1, 0.15) is 27.7 Å². The van der Waals surface area contributed by atoms with Crippen LogP contribution in [0.3, 0.4) is 0 Å². The third-order valence-corrected chi connectivity index (χ3v) is 3.90. The first-order chi connectivity index (χ1) is 3.81. The summed E-state index contributed by atoms with van der Waals surface area (Å²) in [7, 11) is 0. The Morgan fingerprint density at radius 1 is 1.22 bits per heavy atom. The standard InChI is InChI=1S/C7H15IO/c1-6(2,5-8)7(3,4)9/h9H,5H2,1-4H3. The lowest BCUT2D eigenvalue weighted by Gasteiger charge is -2.35. The molecule has 2 heteroatoms. The number of alkyl halides is 1. The number of aliphatic hydroxyl groups is 1. The summed E-state index contributed by atoms with van der Waals surface area (Å²) in [5.74, 6) is 0. The van der Waals surface area contributed by atoms with E-state index in [2.05, 4.69) is 36.4 Å². The topological polar surface area (TPSA) is 20.2 Å². The zero-order valence-corrected chi connectivity index (χ0v) is 8.69.